The molecule has 1 aromatic heterocycles. The normalized spacial score (nSPS) is 11.1. The molecule has 0 radical (unpaired) electrons. The summed E-state index contributed by atoms with van der Waals surface area (Å²) in [6, 6.07) is 27.4. The lowest BCUT2D eigenvalue weighted by Gasteiger charge is -2.30. The van der Waals surface area contributed by atoms with E-state index in [1.54, 1.807) is 4.90 Å². The molecule has 0 aliphatic rings. The molecule has 2 amide bonds. The van der Waals surface area contributed by atoms with Crippen molar-refractivity contribution in [2.45, 2.75) is 33.0 Å². The van der Waals surface area contributed by atoms with E-state index in [-0.39, 0.29) is 24.4 Å². The molecule has 4 aromatic rings. The molecule has 1 heterocycles. The van der Waals surface area contributed by atoms with Crippen LogP contribution in [-0.4, -0.2) is 38.8 Å². The van der Waals surface area contributed by atoms with Gasteiger partial charge in [0.05, 0.1) is 6.54 Å². The Morgan fingerprint density at radius 3 is 2.24 bits per heavy atom. The summed E-state index contributed by atoms with van der Waals surface area (Å²) in [4.78, 5) is 30.8. The number of hydrogen-bond donors (Lipinski definition) is 0. The van der Waals surface area contributed by atoms with Gasteiger partial charge in [0.1, 0.15) is 6.54 Å². The molecule has 0 spiro atoms. The summed E-state index contributed by atoms with van der Waals surface area (Å²) in [5.74, 6) is -0.203. The summed E-state index contributed by atoms with van der Waals surface area (Å²) in [7, 11) is 1.98. The Balaban J connectivity index is 1.60. The molecule has 5 nitrogen and oxygen atoms in total. The molecule has 0 unspecified atom stereocenters. The number of carbonyl (C=O) groups excluding carboxylic acids is 2. The molecule has 0 N–H and O–H groups in total. The zero-order valence-corrected chi connectivity index (χ0v) is 20.0. The topological polar surface area (TPSA) is 45.6 Å². The monoisotopic (exact) mass is 453 g/mol. The molecule has 5 heteroatoms. The van der Waals surface area contributed by atoms with Crippen molar-refractivity contribution in [3.63, 3.8) is 0 Å². The summed E-state index contributed by atoms with van der Waals surface area (Å²) in [5, 5.41) is 1.91. The molecule has 34 heavy (non-hydrogen) atoms. The third-order valence-corrected chi connectivity index (χ3v) is 6.18. The molecule has 0 aliphatic heterocycles. The Morgan fingerprint density at radius 2 is 1.53 bits per heavy atom. The van der Waals surface area contributed by atoms with Gasteiger partial charge in [0.2, 0.25) is 5.91 Å². The molecule has 3 aromatic carbocycles. The fraction of sp³-hybridized carbons (Fsp3) is 0.241. The van der Waals surface area contributed by atoms with E-state index in [2.05, 4.69) is 0 Å². The Kier molecular flexibility index (Phi) is 7.12. The van der Waals surface area contributed by atoms with Crippen LogP contribution in [0.3, 0.4) is 0 Å². The average Bonchev–Trinajstić information content (AvgIpc) is 3.25. The highest BCUT2D eigenvalue weighted by Crippen LogP contribution is 2.21. The average molecular weight is 454 g/mol. The quantitative estimate of drug-likeness (QED) is 0.365. The number of nitrogens with zero attached hydrogens (tertiary/aromatic N) is 3. The van der Waals surface area contributed by atoms with Gasteiger partial charge in [-0.15, -0.1) is 0 Å². The first kappa shape index (κ1) is 23.3. The molecule has 0 atom stereocenters. The number of rotatable bonds is 8. The van der Waals surface area contributed by atoms with E-state index in [0.29, 0.717) is 18.7 Å². The van der Waals surface area contributed by atoms with Gasteiger partial charge in [-0.25, -0.2) is 0 Å². The van der Waals surface area contributed by atoms with Crippen LogP contribution in [0.4, 0.5) is 0 Å². The van der Waals surface area contributed by atoms with Crippen LogP contribution in [-0.2, 0) is 24.9 Å². The van der Waals surface area contributed by atoms with Crippen LogP contribution in [0.2, 0.25) is 0 Å². The summed E-state index contributed by atoms with van der Waals surface area (Å²) in [6.07, 6.45) is 1.98. The number of aromatic nitrogens is 1. The maximum absolute atomic E-state index is 13.6. The van der Waals surface area contributed by atoms with Crippen molar-refractivity contribution in [3.8, 4) is 0 Å². The van der Waals surface area contributed by atoms with Gasteiger partial charge < -0.3 is 14.4 Å². The maximum atomic E-state index is 13.6. The van der Waals surface area contributed by atoms with E-state index in [4.69, 9.17) is 0 Å². The van der Waals surface area contributed by atoms with E-state index in [9.17, 15) is 9.59 Å². The number of hydrogen-bond acceptors (Lipinski definition) is 2. The van der Waals surface area contributed by atoms with Crippen LogP contribution in [0.5, 0.6) is 0 Å². The van der Waals surface area contributed by atoms with Crippen LogP contribution in [0, 0.1) is 0 Å². The van der Waals surface area contributed by atoms with Gasteiger partial charge in [0, 0.05) is 37.1 Å². The zero-order valence-electron chi connectivity index (χ0n) is 20.0. The largest absolute Gasteiger partial charge is 0.353 e. The molecule has 0 saturated heterocycles. The number of amides is 2. The zero-order chi connectivity index (χ0) is 24.1. The maximum Gasteiger partial charge on any atom is 0.255 e. The van der Waals surface area contributed by atoms with Crippen LogP contribution in [0.1, 0.15) is 35.5 Å². The Bertz CT molecular complexity index is 1270. The minimum atomic E-state index is -0.126. The van der Waals surface area contributed by atoms with Crippen molar-refractivity contribution in [1.82, 2.24) is 14.4 Å². The summed E-state index contributed by atoms with van der Waals surface area (Å²) < 4.78 is 2.02. The standard InChI is InChI=1S/C29H31N3O2/c1-22(2)32(29(34)27-17-9-14-24-13-7-8-16-26(24)27)21-28(33)31(19-23-11-5-4-6-12-23)20-25-15-10-18-30(25)3/h4-18,22H,19-21H2,1-3H3. The SMILES string of the molecule is CC(C)N(CC(=O)N(Cc1ccccc1)Cc1cccn1C)C(=O)c1cccc2ccccc12. The minimum absolute atomic E-state index is 0.0248. The van der Waals surface area contributed by atoms with Gasteiger partial charge >= 0.3 is 0 Å². The lowest BCUT2D eigenvalue weighted by Crippen LogP contribution is -2.45. The molecule has 4 rings (SSSR count). The highest BCUT2D eigenvalue weighted by Gasteiger charge is 2.26. The van der Waals surface area contributed by atoms with Crippen LogP contribution < -0.4 is 0 Å². The van der Waals surface area contributed by atoms with E-state index < -0.39 is 0 Å². The van der Waals surface area contributed by atoms with Gasteiger partial charge in [-0.05, 0) is 48.4 Å². The third-order valence-electron chi connectivity index (χ3n) is 6.18. The smallest absolute Gasteiger partial charge is 0.255 e. The highest BCUT2D eigenvalue weighted by molar-refractivity contribution is 6.07. The van der Waals surface area contributed by atoms with Gasteiger partial charge in [0.25, 0.3) is 5.91 Å². The van der Waals surface area contributed by atoms with Crippen molar-refractivity contribution < 1.29 is 9.59 Å². The summed E-state index contributed by atoms with van der Waals surface area (Å²) in [6.45, 7) is 4.89. The van der Waals surface area contributed by atoms with Gasteiger partial charge in [-0.3, -0.25) is 9.59 Å². The number of carbonyl (C=O) groups is 2. The molecule has 0 saturated carbocycles. The number of benzene rings is 3. The Labute approximate surface area is 201 Å². The van der Waals surface area contributed by atoms with Crippen LogP contribution >= 0.6 is 0 Å². The van der Waals surface area contributed by atoms with Crippen LogP contribution in [0.25, 0.3) is 10.8 Å². The predicted octanol–water partition coefficient (Wildman–Crippen LogP) is 5.26. The molecule has 0 fully saturated rings. The summed E-state index contributed by atoms with van der Waals surface area (Å²) >= 11 is 0. The predicted molar refractivity (Wildman–Crippen MR) is 136 cm³/mol. The van der Waals surface area contributed by atoms with Gasteiger partial charge in [-0.1, -0.05) is 66.7 Å². The fourth-order valence-corrected chi connectivity index (χ4v) is 4.19. The first-order chi connectivity index (χ1) is 16.4. The second-order valence-corrected chi connectivity index (χ2v) is 8.90. The van der Waals surface area contributed by atoms with E-state index in [1.165, 1.54) is 0 Å². The highest BCUT2D eigenvalue weighted by atomic mass is 16.2. The van der Waals surface area contributed by atoms with Crippen molar-refractivity contribution in [1.29, 1.82) is 0 Å². The molecular formula is C29H31N3O2. The van der Waals surface area contributed by atoms with Gasteiger partial charge in [0.15, 0.2) is 0 Å². The number of fused-ring (bicyclic) bond motifs is 1. The van der Waals surface area contributed by atoms with Crippen molar-refractivity contribution in [2.75, 3.05) is 6.54 Å². The first-order valence-corrected chi connectivity index (χ1v) is 11.6. The van der Waals surface area contributed by atoms with E-state index in [1.807, 2.05) is 121 Å². The molecule has 174 valence electrons. The van der Waals surface area contributed by atoms with Crippen molar-refractivity contribution >= 4 is 22.6 Å². The second-order valence-electron chi connectivity index (χ2n) is 8.90. The third kappa shape index (κ3) is 5.20. The van der Waals surface area contributed by atoms with Crippen molar-refractivity contribution in [2.24, 2.45) is 7.05 Å². The molecule has 0 bridgehead atoms. The van der Waals surface area contributed by atoms with Crippen LogP contribution in [0.15, 0.2) is 91.1 Å². The lowest BCUT2D eigenvalue weighted by molar-refractivity contribution is -0.133. The summed E-state index contributed by atoms with van der Waals surface area (Å²) in [5.41, 5.74) is 2.72. The minimum Gasteiger partial charge on any atom is -0.353 e. The molecular weight excluding hydrogens is 422 g/mol. The van der Waals surface area contributed by atoms with E-state index in [0.717, 1.165) is 22.0 Å². The van der Waals surface area contributed by atoms with Crippen molar-refractivity contribution in [3.05, 3.63) is 108 Å². The Hall–Kier alpha value is -3.86. The molecule has 0 aliphatic carbocycles. The second kappa shape index (κ2) is 10.4. The van der Waals surface area contributed by atoms with E-state index >= 15 is 0 Å². The lowest BCUT2D eigenvalue weighted by atomic mass is 10.0. The van der Waals surface area contributed by atoms with Gasteiger partial charge in [-0.2, -0.15) is 0 Å². The first-order valence-electron chi connectivity index (χ1n) is 11.6. The number of aryl methyl sites for hydroxylation is 1. The Morgan fingerprint density at radius 1 is 0.824 bits per heavy atom. The fourth-order valence-electron chi connectivity index (χ4n) is 4.19.